The second kappa shape index (κ2) is 3.95. The van der Waals surface area contributed by atoms with E-state index in [9.17, 15) is 0 Å². The zero-order valence-corrected chi connectivity index (χ0v) is 10.3. The highest BCUT2D eigenvalue weighted by Crippen LogP contribution is 2.32. The molecular weight excluding hydrogens is 222 g/mol. The van der Waals surface area contributed by atoms with E-state index in [1.165, 1.54) is 29.7 Å². The summed E-state index contributed by atoms with van der Waals surface area (Å²) in [4.78, 5) is 7.09. The first-order valence-corrected chi connectivity index (χ1v) is 6.71. The fourth-order valence-electron chi connectivity index (χ4n) is 3.38. The molecule has 2 atom stereocenters. The van der Waals surface area contributed by atoms with E-state index >= 15 is 0 Å². The maximum atomic E-state index is 4.62. The minimum Gasteiger partial charge on any atom is -0.355 e. The maximum Gasteiger partial charge on any atom is 0.136 e. The van der Waals surface area contributed by atoms with Gasteiger partial charge in [0, 0.05) is 37.8 Å². The molecule has 0 unspecified atom stereocenters. The average molecular weight is 239 g/mol. The summed E-state index contributed by atoms with van der Waals surface area (Å²) >= 11 is 0. The fourth-order valence-corrected chi connectivity index (χ4v) is 3.38. The number of hydrogen-bond acceptors (Lipinski definition) is 3. The number of nitrogens with zero attached hydrogens (tertiary/aromatic N) is 2. The predicted octanol–water partition coefficient (Wildman–Crippen LogP) is 1.89. The Morgan fingerprint density at radius 1 is 1.06 bits per heavy atom. The summed E-state index contributed by atoms with van der Waals surface area (Å²) < 4.78 is 0. The Morgan fingerprint density at radius 2 is 1.83 bits per heavy atom. The van der Waals surface area contributed by atoms with Crippen molar-refractivity contribution in [3.63, 3.8) is 0 Å². The van der Waals surface area contributed by atoms with Crippen molar-refractivity contribution < 1.29 is 0 Å². The van der Waals surface area contributed by atoms with Gasteiger partial charge in [-0.05, 0) is 23.3 Å². The van der Waals surface area contributed by atoms with Crippen LogP contribution in [0, 0.1) is 11.8 Å². The molecule has 2 aromatic rings. The van der Waals surface area contributed by atoms with Gasteiger partial charge in [-0.25, -0.2) is 4.98 Å². The van der Waals surface area contributed by atoms with Gasteiger partial charge >= 0.3 is 0 Å². The van der Waals surface area contributed by atoms with E-state index in [1.54, 1.807) is 0 Å². The van der Waals surface area contributed by atoms with Crippen LogP contribution in [0.2, 0.25) is 0 Å². The van der Waals surface area contributed by atoms with Crippen molar-refractivity contribution in [3.8, 4) is 0 Å². The third-order valence-corrected chi connectivity index (χ3v) is 4.34. The number of pyridine rings is 1. The van der Waals surface area contributed by atoms with Crippen LogP contribution >= 0.6 is 0 Å². The lowest BCUT2D eigenvalue weighted by Gasteiger charge is -2.20. The summed E-state index contributed by atoms with van der Waals surface area (Å²) in [7, 11) is 0. The molecule has 0 aliphatic carbocycles. The second-order valence-corrected chi connectivity index (χ2v) is 5.44. The van der Waals surface area contributed by atoms with Gasteiger partial charge in [0.1, 0.15) is 5.82 Å². The Kier molecular flexibility index (Phi) is 2.27. The SMILES string of the molecule is c1ccc2c(N3C[C@H]4CNC[C@H]4C3)nccc2c1. The lowest BCUT2D eigenvalue weighted by atomic mass is 10.0. The number of hydrogen-bond donors (Lipinski definition) is 1. The van der Waals surface area contributed by atoms with Gasteiger partial charge < -0.3 is 10.2 Å². The van der Waals surface area contributed by atoms with E-state index in [2.05, 4.69) is 45.5 Å². The van der Waals surface area contributed by atoms with Gasteiger partial charge in [0.25, 0.3) is 0 Å². The van der Waals surface area contributed by atoms with Crippen molar-refractivity contribution in [2.75, 3.05) is 31.1 Å². The topological polar surface area (TPSA) is 28.2 Å². The molecule has 0 saturated carbocycles. The Morgan fingerprint density at radius 3 is 2.67 bits per heavy atom. The average Bonchev–Trinajstić information content (AvgIpc) is 2.99. The molecule has 3 heteroatoms. The summed E-state index contributed by atoms with van der Waals surface area (Å²) in [5.74, 6) is 2.79. The smallest absolute Gasteiger partial charge is 0.136 e. The molecule has 3 nitrogen and oxygen atoms in total. The molecular formula is C15H17N3. The Labute approximate surface area is 107 Å². The van der Waals surface area contributed by atoms with Crippen molar-refractivity contribution >= 4 is 16.6 Å². The van der Waals surface area contributed by atoms with Crippen LogP contribution in [0.25, 0.3) is 10.8 Å². The van der Waals surface area contributed by atoms with Crippen LogP contribution in [0.1, 0.15) is 0 Å². The van der Waals surface area contributed by atoms with Crippen LogP contribution in [0.15, 0.2) is 36.5 Å². The molecule has 0 bridgehead atoms. The fraction of sp³-hybridized carbons (Fsp3) is 0.400. The summed E-state index contributed by atoms with van der Waals surface area (Å²) in [5, 5.41) is 6.06. The molecule has 0 radical (unpaired) electrons. The van der Waals surface area contributed by atoms with E-state index in [1.807, 2.05) is 6.20 Å². The first kappa shape index (κ1) is 10.3. The van der Waals surface area contributed by atoms with Gasteiger partial charge in [0.05, 0.1) is 0 Å². The molecule has 2 saturated heterocycles. The van der Waals surface area contributed by atoms with E-state index in [0.29, 0.717) is 0 Å². The van der Waals surface area contributed by atoms with E-state index in [4.69, 9.17) is 0 Å². The van der Waals surface area contributed by atoms with Gasteiger partial charge in [-0.3, -0.25) is 0 Å². The molecule has 0 amide bonds. The second-order valence-electron chi connectivity index (χ2n) is 5.44. The molecule has 4 rings (SSSR count). The minimum absolute atomic E-state index is 0.811. The third-order valence-electron chi connectivity index (χ3n) is 4.34. The zero-order chi connectivity index (χ0) is 11.9. The molecule has 1 aromatic heterocycles. The highest BCUT2D eigenvalue weighted by Gasteiger charge is 2.36. The molecule has 18 heavy (non-hydrogen) atoms. The van der Waals surface area contributed by atoms with Crippen molar-refractivity contribution in [2.45, 2.75) is 0 Å². The van der Waals surface area contributed by atoms with Crippen molar-refractivity contribution in [1.82, 2.24) is 10.3 Å². The first-order valence-electron chi connectivity index (χ1n) is 6.71. The van der Waals surface area contributed by atoms with Gasteiger partial charge in [0.2, 0.25) is 0 Å². The molecule has 2 aliphatic heterocycles. The Bertz CT molecular complexity index is 563. The van der Waals surface area contributed by atoms with Crippen LogP contribution in [0.5, 0.6) is 0 Å². The quantitative estimate of drug-likeness (QED) is 0.823. The third kappa shape index (κ3) is 1.51. The molecule has 2 aliphatic rings. The van der Waals surface area contributed by atoms with Crippen LogP contribution in [-0.4, -0.2) is 31.2 Å². The highest BCUT2D eigenvalue weighted by atomic mass is 15.2. The lowest BCUT2D eigenvalue weighted by Crippen LogP contribution is -2.26. The summed E-state index contributed by atoms with van der Waals surface area (Å²) in [5.41, 5.74) is 0. The maximum absolute atomic E-state index is 4.62. The van der Waals surface area contributed by atoms with Crippen LogP contribution in [0.3, 0.4) is 0 Å². The molecule has 2 fully saturated rings. The van der Waals surface area contributed by atoms with Crippen molar-refractivity contribution in [3.05, 3.63) is 36.5 Å². The summed E-state index contributed by atoms with van der Waals surface area (Å²) in [6.45, 7) is 4.65. The van der Waals surface area contributed by atoms with Gasteiger partial charge in [0.15, 0.2) is 0 Å². The molecule has 92 valence electrons. The largest absolute Gasteiger partial charge is 0.355 e. The van der Waals surface area contributed by atoms with E-state index in [0.717, 1.165) is 24.9 Å². The highest BCUT2D eigenvalue weighted by molar-refractivity contribution is 5.92. The number of benzene rings is 1. The van der Waals surface area contributed by atoms with E-state index < -0.39 is 0 Å². The molecule has 1 aromatic carbocycles. The Hall–Kier alpha value is -1.61. The minimum atomic E-state index is 0.811. The number of fused-ring (bicyclic) bond motifs is 2. The van der Waals surface area contributed by atoms with Crippen LogP contribution in [0.4, 0.5) is 5.82 Å². The normalized spacial score (nSPS) is 26.8. The van der Waals surface area contributed by atoms with Gasteiger partial charge in [-0.15, -0.1) is 0 Å². The molecule has 1 N–H and O–H groups in total. The lowest BCUT2D eigenvalue weighted by molar-refractivity contribution is 0.533. The van der Waals surface area contributed by atoms with Crippen LogP contribution in [-0.2, 0) is 0 Å². The molecule has 0 spiro atoms. The van der Waals surface area contributed by atoms with E-state index in [-0.39, 0.29) is 0 Å². The van der Waals surface area contributed by atoms with Crippen molar-refractivity contribution in [2.24, 2.45) is 11.8 Å². The number of anilines is 1. The van der Waals surface area contributed by atoms with Crippen molar-refractivity contribution in [1.29, 1.82) is 0 Å². The molecule has 3 heterocycles. The Balaban J connectivity index is 1.75. The number of aromatic nitrogens is 1. The number of rotatable bonds is 1. The van der Waals surface area contributed by atoms with Gasteiger partial charge in [-0.1, -0.05) is 24.3 Å². The monoisotopic (exact) mass is 239 g/mol. The standard InChI is InChI=1S/C15H17N3/c1-2-4-14-11(3-1)5-6-17-15(14)18-9-12-7-16-8-13(12)10-18/h1-6,12-13,16H,7-10H2/t12-,13+. The zero-order valence-electron chi connectivity index (χ0n) is 10.3. The van der Waals surface area contributed by atoms with Gasteiger partial charge in [-0.2, -0.15) is 0 Å². The first-order chi connectivity index (χ1) is 8.92. The number of nitrogens with one attached hydrogen (secondary N) is 1. The summed E-state index contributed by atoms with van der Waals surface area (Å²) in [6.07, 6.45) is 1.93. The van der Waals surface area contributed by atoms with Crippen LogP contribution < -0.4 is 10.2 Å². The summed E-state index contributed by atoms with van der Waals surface area (Å²) in [6, 6.07) is 10.6. The predicted molar refractivity (Wildman–Crippen MR) is 73.8 cm³/mol.